The van der Waals surface area contributed by atoms with Gasteiger partial charge in [-0.25, -0.2) is 14.4 Å². The Morgan fingerprint density at radius 2 is 2.00 bits per heavy atom. The number of rotatable bonds is 6. The zero-order valence-corrected chi connectivity index (χ0v) is 19.3. The van der Waals surface area contributed by atoms with Crippen molar-refractivity contribution in [1.29, 1.82) is 0 Å². The quantitative estimate of drug-likeness (QED) is 0.221. The van der Waals surface area contributed by atoms with E-state index in [0.717, 1.165) is 6.04 Å². The Hall–Kier alpha value is -0.993. The molecule has 0 N–H and O–H groups in total. The molecule has 0 aliphatic heterocycles. The maximum absolute atomic E-state index is 14.9. The second-order valence-corrected chi connectivity index (χ2v) is 14.7. The number of aromatic nitrogens is 3. The first kappa shape index (κ1) is 20.7. The van der Waals surface area contributed by atoms with E-state index in [0.29, 0.717) is 38.3 Å². The molecule has 9 heteroatoms. The molecule has 0 amide bonds. The van der Waals surface area contributed by atoms with Crippen LogP contribution < -0.4 is 0 Å². The summed E-state index contributed by atoms with van der Waals surface area (Å²) in [6.45, 7) is 7.75. The minimum atomic E-state index is -1.20. The van der Waals surface area contributed by atoms with Crippen molar-refractivity contribution in [1.82, 2.24) is 14.5 Å². The predicted octanol–water partition coefficient (Wildman–Crippen LogP) is 6.62. The summed E-state index contributed by atoms with van der Waals surface area (Å²) in [5, 5.41) is 1.11. The fraction of sp³-hybridized carbons (Fsp3) is 0.333. The number of hydrogen-bond acceptors (Lipinski definition) is 3. The monoisotopic (exact) mass is 489 g/mol. The molecule has 0 saturated carbocycles. The summed E-state index contributed by atoms with van der Waals surface area (Å²) in [6, 6.07) is 4.52. The van der Waals surface area contributed by atoms with Crippen molar-refractivity contribution < 1.29 is 9.13 Å². The van der Waals surface area contributed by atoms with Crippen molar-refractivity contribution in [2.24, 2.45) is 0 Å². The Morgan fingerprint density at radius 1 is 1.26 bits per heavy atom. The average molecular weight is 491 g/mol. The first-order valence-corrected chi connectivity index (χ1v) is 13.7. The van der Waals surface area contributed by atoms with Gasteiger partial charge in [-0.3, -0.25) is 0 Å². The molecular weight excluding hydrogens is 472 g/mol. The lowest BCUT2D eigenvalue weighted by Crippen LogP contribution is -2.22. The highest BCUT2D eigenvalue weighted by Gasteiger charge is 2.19. The van der Waals surface area contributed by atoms with E-state index in [1.54, 1.807) is 16.8 Å². The van der Waals surface area contributed by atoms with Gasteiger partial charge in [0.25, 0.3) is 0 Å². The molecule has 27 heavy (non-hydrogen) atoms. The van der Waals surface area contributed by atoms with Gasteiger partial charge in [-0.05, 0) is 39.6 Å². The van der Waals surface area contributed by atoms with Crippen LogP contribution in [0.3, 0.4) is 0 Å². The first-order chi connectivity index (χ1) is 12.7. The summed E-state index contributed by atoms with van der Waals surface area (Å²) in [6.07, 6.45) is 3.23. The molecular formula is C18H19BrCl2FN3OSi. The summed E-state index contributed by atoms with van der Waals surface area (Å²) in [5.41, 5.74) is 1.57. The zero-order chi connectivity index (χ0) is 19.8. The van der Waals surface area contributed by atoms with Crippen LogP contribution >= 0.6 is 39.1 Å². The van der Waals surface area contributed by atoms with Crippen LogP contribution in [-0.4, -0.2) is 29.2 Å². The topological polar surface area (TPSA) is 39.9 Å². The second-order valence-electron chi connectivity index (χ2n) is 7.45. The fourth-order valence-corrected chi connectivity index (χ4v) is 4.10. The molecule has 2 heterocycles. The maximum atomic E-state index is 14.9. The molecule has 0 bridgehead atoms. The second kappa shape index (κ2) is 8.17. The molecule has 0 atom stereocenters. The third kappa shape index (κ3) is 4.71. The molecule has 144 valence electrons. The van der Waals surface area contributed by atoms with E-state index in [2.05, 4.69) is 45.5 Å². The highest BCUT2D eigenvalue weighted by molar-refractivity contribution is 9.10. The summed E-state index contributed by atoms with van der Waals surface area (Å²) < 4.78 is 22.8. The van der Waals surface area contributed by atoms with Crippen molar-refractivity contribution in [3.05, 3.63) is 45.1 Å². The van der Waals surface area contributed by atoms with E-state index in [-0.39, 0.29) is 17.8 Å². The molecule has 4 nitrogen and oxygen atoms in total. The van der Waals surface area contributed by atoms with Crippen LogP contribution in [0.5, 0.6) is 0 Å². The third-order valence-corrected chi connectivity index (χ3v) is 6.90. The molecule has 3 rings (SSSR count). The molecule has 0 fully saturated rings. The van der Waals surface area contributed by atoms with Crippen LogP contribution in [0.2, 0.25) is 36.0 Å². The number of benzene rings is 1. The van der Waals surface area contributed by atoms with Gasteiger partial charge >= 0.3 is 0 Å². The van der Waals surface area contributed by atoms with Gasteiger partial charge in [0.1, 0.15) is 6.73 Å². The Bertz CT molecular complexity index is 991. The lowest BCUT2D eigenvalue weighted by atomic mass is 10.1. The van der Waals surface area contributed by atoms with Gasteiger partial charge < -0.3 is 9.30 Å². The number of nitrogens with zero attached hydrogens (tertiary/aromatic N) is 3. The summed E-state index contributed by atoms with van der Waals surface area (Å²) in [4.78, 5) is 8.11. The number of fused-ring (bicyclic) bond motifs is 1. The van der Waals surface area contributed by atoms with Crippen LogP contribution in [0.25, 0.3) is 22.2 Å². The van der Waals surface area contributed by atoms with Crippen LogP contribution in [0.4, 0.5) is 4.39 Å². The smallest absolute Gasteiger partial charge is 0.222 e. The maximum Gasteiger partial charge on any atom is 0.222 e. The van der Waals surface area contributed by atoms with Crippen molar-refractivity contribution in [3.63, 3.8) is 0 Å². The van der Waals surface area contributed by atoms with E-state index in [9.17, 15) is 4.39 Å². The van der Waals surface area contributed by atoms with Gasteiger partial charge in [0.15, 0.2) is 5.82 Å². The van der Waals surface area contributed by atoms with Gasteiger partial charge in [-0.2, -0.15) is 0 Å². The molecule has 0 saturated heterocycles. The van der Waals surface area contributed by atoms with Crippen molar-refractivity contribution in [2.45, 2.75) is 32.4 Å². The van der Waals surface area contributed by atoms with Crippen LogP contribution in [-0.2, 0) is 11.5 Å². The van der Waals surface area contributed by atoms with Crippen LogP contribution in [0.15, 0.2) is 29.0 Å². The molecule has 0 unspecified atom stereocenters. The number of hydrogen-bond donors (Lipinski definition) is 0. The third-order valence-electron chi connectivity index (χ3n) is 4.13. The molecule has 0 aliphatic carbocycles. The molecule has 0 radical (unpaired) electrons. The molecule has 0 spiro atoms. The van der Waals surface area contributed by atoms with E-state index >= 15 is 0 Å². The minimum absolute atomic E-state index is 0.0827. The van der Waals surface area contributed by atoms with Crippen LogP contribution in [0, 0.1) is 5.82 Å². The van der Waals surface area contributed by atoms with E-state index < -0.39 is 8.07 Å². The van der Waals surface area contributed by atoms with Crippen molar-refractivity contribution in [3.8, 4) is 11.3 Å². The highest BCUT2D eigenvalue weighted by atomic mass is 79.9. The van der Waals surface area contributed by atoms with Gasteiger partial charge in [0, 0.05) is 31.8 Å². The standard InChI is InChI=1S/C18H19BrCl2FN3OSi/c1-27(2,3)7-6-26-10-25-9-12(16-14(20)8-23-18(21)24-16)11-4-5-13(19)15(22)17(11)25/h4-5,8-9H,6-7,10H2,1-3H3. The van der Waals surface area contributed by atoms with Gasteiger partial charge in [-0.1, -0.05) is 37.3 Å². The zero-order valence-electron chi connectivity index (χ0n) is 15.2. The molecule has 1 aromatic carbocycles. The lowest BCUT2D eigenvalue weighted by Gasteiger charge is -2.16. The van der Waals surface area contributed by atoms with Crippen molar-refractivity contribution in [2.75, 3.05) is 6.61 Å². The highest BCUT2D eigenvalue weighted by Crippen LogP contribution is 2.36. The SMILES string of the molecule is C[Si](C)(C)CCOCn1cc(-c2nc(Cl)ncc2Cl)c2ccc(Br)c(F)c21. The Balaban J connectivity index is 2.03. The minimum Gasteiger partial charge on any atom is -0.361 e. The van der Waals surface area contributed by atoms with E-state index in [1.807, 2.05) is 6.07 Å². The van der Waals surface area contributed by atoms with Gasteiger partial charge in [0.2, 0.25) is 5.28 Å². The van der Waals surface area contributed by atoms with E-state index in [4.69, 9.17) is 27.9 Å². The molecule has 0 aliphatic rings. The van der Waals surface area contributed by atoms with Crippen molar-refractivity contribution >= 4 is 58.1 Å². The summed E-state index contributed by atoms with van der Waals surface area (Å²) in [7, 11) is -1.20. The van der Waals surface area contributed by atoms with Gasteiger partial charge in [-0.15, -0.1) is 0 Å². The molecule has 3 aromatic rings. The Kier molecular flexibility index (Phi) is 6.27. The predicted molar refractivity (Wildman–Crippen MR) is 115 cm³/mol. The number of ether oxygens (including phenoxy) is 1. The fourth-order valence-electron chi connectivity index (χ4n) is 2.69. The average Bonchev–Trinajstić information content (AvgIpc) is 2.95. The Labute approximate surface area is 176 Å². The summed E-state index contributed by atoms with van der Waals surface area (Å²) >= 11 is 15.5. The first-order valence-electron chi connectivity index (χ1n) is 8.40. The van der Waals surface area contributed by atoms with Crippen LogP contribution in [0.1, 0.15) is 0 Å². The van der Waals surface area contributed by atoms with Gasteiger partial charge in [0.05, 0.1) is 26.9 Å². The van der Waals surface area contributed by atoms with E-state index in [1.165, 1.54) is 6.20 Å². The normalized spacial score (nSPS) is 12.1. The molecule has 2 aromatic heterocycles. The summed E-state index contributed by atoms with van der Waals surface area (Å²) in [5.74, 6) is -0.358. The lowest BCUT2D eigenvalue weighted by molar-refractivity contribution is 0.0899. The largest absolute Gasteiger partial charge is 0.361 e. The number of halogens is 4. The Morgan fingerprint density at radius 3 is 2.70 bits per heavy atom.